The number of halogens is 2. The fourth-order valence-corrected chi connectivity index (χ4v) is 2.25. The normalized spacial score (nSPS) is 10.6. The molecule has 106 valence electrons. The molecule has 0 saturated heterocycles. The number of nitrogen functional groups attached to an aromatic ring is 1. The molecule has 2 aromatic rings. The molecule has 0 aliphatic carbocycles. The molecule has 0 aliphatic heterocycles. The van der Waals surface area contributed by atoms with E-state index in [2.05, 4.69) is 15.9 Å². The lowest BCUT2D eigenvalue weighted by Gasteiger charge is -2.08. The van der Waals surface area contributed by atoms with Crippen molar-refractivity contribution in [3.8, 4) is 0 Å². The van der Waals surface area contributed by atoms with Gasteiger partial charge in [0.2, 0.25) is 0 Å². The summed E-state index contributed by atoms with van der Waals surface area (Å²) in [5.74, 6) is -0.936. The highest BCUT2D eigenvalue weighted by Gasteiger charge is 2.14. The number of nitrogens with two attached hydrogens (primary N) is 1. The number of ether oxygens (including phenoxy) is 1. The summed E-state index contributed by atoms with van der Waals surface area (Å²) in [7, 11) is 0. The quantitative estimate of drug-likeness (QED) is 0.868. The van der Waals surface area contributed by atoms with E-state index in [0.717, 1.165) is 4.47 Å². The van der Waals surface area contributed by atoms with Gasteiger partial charge in [0.15, 0.2) is 0 Å². The highest BCUT2D eigenvalue weighted by Crippen LogP contribution is 2.18. The highest BCUT2D eigenvalue weighted by atomic mass is 79.9. The average molecular weight is 341 g/mol. The Balaban J connectivity index is 2.10. The zero-order valence-electron chi connectivity index (χ0n) is 10.9. The van der Waals surface area contributed by atoms with Crippen LogP contribution in [0.3, 0.4) is 0 Å². The Labute approximate surface area is 124 Å². The second-order valence-electron chi connectivity index (χ2n) is 4.26. The average Bonchev–Trinajstić information content (AvgIpc) is 2.80. The predicted molar refractivity (Wildman–Crippen MR) is 77.7 cm³/mol. The first-order valence-corrected chi connectivity index (χ1v) is 6.87. The summed E-state index contributed by atoms with van der Waals surface area (Å²) in [5, 5.41) is 0. The summed E-state index contributed by atoms with van der Waals surface area (Å²) in [6.45, 7) is 2.37. The van der Waals surface area contributed by atoms with Crippen LogP contribution in [0.15, 0.2) is 34.9 Å². The summed E-state index contributed by atoms with van der Waals surface area (Å²) in [6.07, 6.45) is 1.66. The topological polar surface area (TPSA) is 57.2 Å². The molecule has 0 bridgehead atoms. The van der Waals surface area contributed by atoms with Gasteiger partial charge in [0.25, 0.3) is 0 Å². The Morgan fingerprint density at radius 2 is 2.20 bits per heavy atom. The van der Waals surface area contributed by atoms with Crippen molar-refractivity contribution in [2.45, 2.75) is 20.1 Å². The van der Waals surface area contributed by atoms with Crippen molar-refractivity contribution >= 4 is 27.6 Å². The minimum atomic E-state index is -0.525. The predicted octanol–water partition coefficient (Wildman–Crippen LogP) is 3.35. The van der Waals surface area contributed by atoms with E-state index in [1.54, 1.807) is 29.0 Å². The van der Waals surface area contributed by atoms with Crippen molar-refractivity contribution in [2.75, 3.05) is 5.73 Å². The van der Waals surface area contributed by atoms with E-state index in [4.69, 9.17) is 10.5 Å². The lowest BCUT2D eigenvalue weighted by atomic mass is 10.2. The first-order chi connectivity index (χ1) is 9.51. The second-order valence-corrected chi connectivity index (χ2v) is 5.17. The molecule has 1 aromatic carbocycles. The van der Waals surface area contributed by atoms with E-state index in [1.165, 1.54) is 6.07 Å². The molecular formula is C14H14BrFN2O2. The van der Waals surface area contributed by atoms with Gasteiger partial charge in [-0.05, 0) is 31.2 Å². The van der Waals surface area contributed by atoms with Crippen molar-refractivity contribution in [3.63, 3.8) is 0 Å². The van der Waals surface area contributed by atoms with Crippen molar-refractivity contribution in [3.05, 3.63) is 52.0 Å². The summed E-state index contributed by atoms with van der Waals surface area (Å²) in [4.78, 5) is 12.0. The van der Waals surface area contributed by atoms with Gasteiger partial charge >= 0.3 is 5.97 Å². The lowest BCUT2D eigenvalue weighted by Crippen LogP contribution is -2.11. The monoisotopic (exact) mass is 340 g/mol. The molecule has 20 heavy (non-hydrogen) atoms. The van der Waals surface area contributed by atoms with E-state index >= 15 is 0 Å². The minimum absolute atomic E-state index is 0.126. The Hall–Kier alpha value is -1.82. The van der Waals surface area contributed by atoms with Gasteiger partial charge in [0.1, 0.15) is 18.1 Å². The molecule has 0 saturated carbocycles. The number of anilines is 1. The van der Waals surface area contributed by atoms with Crippen LogP contribution in [0.5, 0.6) is 0 Å². The SMILES string of the molecule is CCn1cc(N)cc1C(=O)OCc1cc(Br)ccc1F. The third-order valence-electron chi connectivity index (χ3n) is 2.83. The first kappa shape index (κ1) is 14.6. The fourth-order valence-electron chi connectivity index (χ4n) is 1.84. The van der Waals surface area contributed by atoms with Crippen LogP contribution in [0.25, 0.3) is 0 Å². The maximum absolute atomic E-state index is 13.5. The van der Waals surface area contributed by atoms with Crippen molar-refractivity contribution in [2.24, 2.45) is 0 Å². The molecule has 0 fully saturated rings. The van der Waals surface area contributed by atoms with Crippen molar-refractivity contribution < 1.29 is 13.9 Å². The number of aromatic nitrogens is 1. The highest BCUT2D eigenvalue weighted by molar-refractivity contribution is 9.10. The maximum Gasteiger partial charge on any atom is 0.355 e. The zero-order valence-corrected chi connectivity index (χ0v) is 12.5. The molecule has 0 aliphatic rings. The molecule has 0 unspecified atom stereocenters. The minimum Gasteiger partial charge on any atom is -0.456 e. The van der Waals surface area contributed by atoms with Crippen LogP contribution in [-0.4, -0.2) is 10.5 Å². The van der Waals surface area contributed by atoms with E-state index in [-0.39, 0.29) is 6.61 Å². The second kappa shape index (κ2) is 6.09. The molecule has 0 atom stereocenters. The Morgan fingerprint density at radius 1 is 1.45 bits per heavy atom. The van der Waals surface area contributed by atoms with Crippen LogP contribution in [0.4, 0.5) is 10.1 Å². The number of carbonyl (C=O) groups excluding carboxylic acids is 1. The van der Waals surface area contributed by atoms with Gasteiger partial charge in [-0.3, -0.25) is 0 Å². The van der Waals surface area contributed by atoms with Gasteiger partial charge in [0, 0.05) is 22.8 Å². The number of rotatable bonds is 4. The standard InChI is InChI=1S/C14H14BrFN2O2/c1-2-18-7-11(17)6-13(18)14(19)20-8-9-5-10(15)3-4-12(9)16/h3-7H,2,8,17H2,1H3. The van der Waals surface area contributed by atoms with Gasteiger partial charge in [0.05, 0.1) is 5.69 Å². The zero-order chi connectivity index (χ0) is 14.7. The Bertz CT molecular complexity index is 640. The fraction of sp³-hybridized carbons (Fsp3) is 0.214. The smallest absolute Gasteiger partial charge is 0.355 e. The van der Waals surface area contributed by atoms with E-state index in [9.17, 15) is 9.18 Å². The van der Waals surface area contributed by atoms with Gasteiger partial charge < -0.3 is 15.0 Å². The third kappa shape index (κ3) is 3.19. The van der Waals surface area contributed by atoms with Crippen LogP contribution < -0.4 is 5.73 Å². The van der Waals surface area contributed by atoms with Crippen molar-refractivity contribution in [1.82, 2.24) is 4.57 Å². The molecule has 0 radical (unpaired) electrons. The number of aryl methyl sites for hydroxylation is 1. The largest absolute Gasteiger partial charge is 0.456 e. The molecule has 0 spiro atoms. The number of esters is 1. The Morgan fingerprint density at radius 3 is 2.90 bits per heavy atom. The maximum atomic E-state index is 13.5. The van der Waals surface area contributed by atoms with E-state index < -0.39 is 11.8 Å². The van der Waals surface area contributed by atoms with Crippen molar-refractivity contribution in [1.29, 1.82) is 0 Å². The van der Waals surface area contributed by atoms with Crippen LogP contribution >= 0.6 is 15.9 Å². The molecule has 2 N–H and O–H groups in total. The molecule has 6 heteroatoms. The summed E-state index contributed by atoms with van der Waals surface area (Å²) in [6, 6.07) is 6.03. The lowest BCUT2D eigenvalue weighted by molar-refractivity contribution is 0.0456. The number of hydrogen-bond acceptors (Lipinski definition) is 3. The number of benzene rings is 1. The molecule has 4 nitrogen and oxygen atoms in total. The van der Waals surface area contributed by atoms with Crippen LogP contribution in [-0.2, 0) is 17.9 Å². The third-order valence-corrected chi connectivity index (χ3v) is 3.33. The molecular weight excluding hydrogens is 327 g/mol. The van der Waals surface area contributed by atoms with E-state index in [1.807, 2.05) is 6.92 Å². The first-order valence-electron chi connectivity index (χ1n) is 6.08. The molecule has 0 amide bonds. The summed E-state index contributed by atoms with van der Waals surface area (Å²) >= 11 is 3.25. The number of nitrogens with zero attached hydrogens (tertiary/aromatic N) is 1. The van der Waals surface area contributed by atoms with Crippen LogP contribution in [0.1, 0.15) is 23.0 Å². The molecule has 1 heterocycles. The summed E-state index contributed by atoms with van der Waals surface area (Å²) in [5.41, 5.74) is 6.82. The summed E-state index contributed by atoms with van der Waals surface area (Å²) < 4.78 is 21.1. The molecule has 2 rings (SSSR count). The number of carbonyl (C=O) groups is 1. The van der Waals surface area contributed by atoms with Crippen LogP contribution in [0.2, 0.25) is 0 Å². The van der Waals surface area contributed by atoms with Gasteiger partial charge in [-0.15, -0.1) is 0 Å². The van der Waals surface area contributed by atoms with Crippen LogP contribution in [0, 0.1) is 5.82 Å². The van der Waals surface area contributed by atoms with E-state index in [0.29, 0.717) is 23.5 Å². The van der Waals surface area contributed by atoms with Gasteiger partial charge in [-0.25, -0.2) is 9.18 Å². The van der Waals surface area contributed by atoms with Gasteiger partial charge in [-0.1, -0.05) is 15.9 Å². The number of hydrogen-bond donors (Lipinski definition) is 1. The Kier molecular flexibility index (Phi) is 4.44. The van der Waals surface area contributed by atoms with Gasteiger partial charge in [-0.2, -0.15) is 0 Å². The molecule has 1 aromatic heterocycles.